The molecule has 8 heteroatoms. The number of methoxy groups -OCH3 is 1. The van der Waals surface area contributed by atoms with Crippen LogP contribution in [0.25, 0.3) is 11.0 Å². The number of rotatable bonds is 7. The largest absolute Gasteiger partial charge is 0.383 e. The lowest BCUT2D eigenvalue weighted by Crippen LogP contribution is -2.54. The number of nitrogens with zero attached hydrogens (tertiary/aromatic N) is 3. The van der Waals surface area contributed by atoms with E-state index in [1.54, 1.807) is 12.0 Å². The van der Waals surface area contributed by atoms with Crippen LogP contribution < -0.4 is 15.5 Å². The van der Waals surface area contributed by atoms with Crippen LogP contribution in [-0.2, 0) is 16.1 Å². The van der Waals surface area contributed by atoms with Crippen molar-refractivity contribution in [3.8, 4) is 0 Å². The molecule has 0 fully saturated rings. The number of fused-ring (bicyclic) bond motifs is 3. The van der Waals surface area contributed by atoms with Crippen LogP contribution in [0.1, 0.15) is 20.3 Å². The summed E-state index contributed by atoms with van der Waals surface area (Å²) in [6.07, 6.45) is 0.779. The highest BCUT2D eigenvalue weighted by Crippen LogP contribution is 2.27. The van der Waals surface area contributed by atoms with E-state index >= 15 is 0 Å². The number of hydrogen-bond acceptors (Lipinski definition) is 4. The third-order valence-corrected chi connectivity index (χ3v) is 5.05. The van der Waals surface area contributed by atoms with Gasteiger partial charge in [-0.15, -0.1) is 0 Å². The zero-order chi connectivity index (χ0) is 19.4. The summed E-state index contributed by atoms with van der Waals surface area (Å²) < 4.78 is 7.00. The van der Waals surface area contributed by atoms with Crippen molar-refractivity contribution in [3.05, 3.63) is 24.3 Å². The van der Waals surface area contributed by atoms with Crippen molar-refractivity contribution in [2.75, 3.05) is 31.7 Å². The first-order valence-electron chi connectivity index (χ1n) is 9.36. The van der Waals surface area contributed by atoms with Gasteiger partial charge in [0.05, 0.1) is 17.6 Å². The minimum absolute atomic E-state index is 0.0120. The van der Waals surface area contributed by atoms with Gasteiger partial charge in [-0.1, -0.05) is 32.4 Å². The molecule has 0 saturated carbocycles. The Hall–Kier alpha value is -2.61. The first-order chi connectivity index (χ1) is 13.1. The Morgan fingerprint density at radius 2 is 2.07 bits per heavy atom. The summed E-state index contributed by atoms with van der Waals surface area (Å²) in [5.74, 6) is 0.441. The molecule has 0 unspecified atom stereocenters. The molecule has 8 nitrogen and oxygen atoms in total. The van der Waals surface area contributed by atoms with Gasteiger partial charge in [-0.25, -0.2) is 9.78 Å². The predicted octanol–water partition coefficient (Wildman–Crippen LogP) is 1.74. The zero-order valence-corrected chi connectivity index (χ0v) is 16.1. The number of urea groups is 1. The summed E-state index contributed by atoms with van der Waals surface area (Å²) >= 11 is 0. The molecular formula is C19H27N5O3. The molecule has 0 bridgehead atoms. The Morgan fingerprint density at radius 1 is 1.30 bits per heavy atom. The molecule has 2 atom stereocenters. The highest BCUT2D eigenvalue weighted by Gasteiger charge is 2.32. The minimum atomic E-state index is -0.599. The highest BCUT2D eigenvalue weighted by atomic mass is 16.5. The number of amides is 3. The number of anilines is 1. The van der Waals surface area contributed by atoms with Crippen molar-refractivity contribution in [1.82, 2.24) is 20.2 Å². The third-order valence-electron chi connectivity index (χ3n) is 5.05. The first kappa shape index (κ1) is 19.2. The number of para-hydroxylation sites is 2. The minimum Gasteiger partial charge on any atom is -0.383 e. The summed E-state index contributed by atoms with van der Waals surface area (Å²) in [6.45, 7) is 6.04. The van der Waals surface area contributed by atoms with Crippen LogP contribution in [0.15, 0.2) is 24.3 Å². The molecule has 2 heterocycles. The summed E-state index contributed by atoms with van der Waals surface area (Å²) in [5, 5.41) is 5.72. The van der Waals surface area contributed by atoms with Crippen LogP contribution in [0.3, 0.4) is 0 Å². The molecule has 1 aliphatic rings. The molecule has 0 spiro atoms. The fourth-order valence-electron chi connectivity index (χ4n) is 3.28. The number of carbonyl (C=O) groups is 2. The van der Waals surface area contributed by atoms with Gasteiger partial charge in [-0.3, -0.25) is 9.69 Å². The molecule has 0 aliphatic carbocycles. The van der Waals surface area contributed by atoms with E-state index in [1.807, 2.05) is 42.7 Å². The van der Waals surface area contributed by atoms with Crippen molar-refractivity contribution in [3.63, 3.8) is 0 Å². The Kier molecular flexibility index (Phi) is 5.95. The quantitative estimate of drug-likeness (QED) is 0.724. The van der Waals surface area contributed by atoms with Gasteiger partial charge in [0, 0.05) is 26.7 Å². The van der Waals surface area contributed by atoms with Gasteiger partial charge in [-0.2, -0.15) is 0 Å². The van der Waals surface area contributed by atoms with Crippen LogP contribution in [0.5, 0.6) is 0 Å². The number of aromatic nitrogens is 2. The molecule has 2 N–H and O–H groups in total. The van der Waals surface area contributed by atoms with Crippen LogP contribution >= 0.6 is 0 Å². The van der Waals surface area contributed by atoms with Crippen LogP contribution in [0.2, 0.25) is 0 Å². The Bertz CT molecular complexity index is 819. The standard InChI is InChI=1S/C19H27N5O3/c1-4-13(2)16(17(25)20-9-12-27-3)22-19(26)24-11-10-23-15-8-6-5-7-14(15)21-18(23)24/h5-8,13,16H,4,9-12H2,1-3H3,(H,20,25)(H,22,26)/t13-,16+/m1/s1. The molecule has 3 amide bonds. The summed E-state index contributed by atoms with van der Waals surface area (Å²) in [5.41, 5.74) is 1.87. The van der Waals surface area contributed by atoms with Gasteiger partial charge in [0.25, 0.3) is 0 Å². The smallest absolute Gasteiger partial charge is 0.324 e. The van der Waals surface area contributed by atoms with E-state index in [1.165, 1.54) is 0 Å². The van der Waals surface area contributed by atoms with Crippen LogP contribution in [0.4, 0.5) is 10.7 Å². The summed E-state index contributed by atoms with van der Waals surface area (Å²) in [7, 11) is 1.58. The second-order valence-electron chi connectivity index (χ2n) is 6.80. The SMILES string of the molecule is CC[C@@H](C)[C@H](NC(=O)N1CCn2c1nc1ccccc12)C(=O)NCCOC. The summed E-state index contributed by atoms with van der Waals surface area (Å²) in [6, 6.07) is 6.93. The lowest BCUT2D eigenvalue weighted by molar-refractivity contribution is -0.124. The van der Waals surface area contributed by atoms with Crippen molar-refractivity contribution < 1.29 is 14.3 Å². The Labute approximate surface area is 158 Å². The molecular weight excluding hydrogens is 346 g/mol. The lowest BCUT2D eigenvalue weighted by atomic mass is 9.98. The number of benzene rings is 1. The molecule has 1 aliphatic heterocycles. The molecule has 27 heavy (non-hydrogen) atoms. The number of ether oxygens (including phenoxy) is 1. The van der Waals surface area contributed by atoms with E-state index in [0.29, 0.717) is 32.2 Å². The Morgan fingerprint density at radius 3 is 2.81 bits per heavy atom. The third kappa shape index (κ3) is 3.90. The maximum Gasteiger partial charge on any atom is 0.324 e. The second-order valence-corrected chi connectivity index (χ2v) is 6.80. The molecule has 2 aromatic rings. The average molecular weight is 373 g/mol. The molecule has 1 aromatic heterocycles. The van der Waals surface area contributed by atoms with E-state index < -0.39 is 6.04 Å². The van der Waals surface area contributed by atoms with Gasteiger partial charge in [-0.05, 0) is 18.1 Å². The molecule has 1 aromatic carbocycles. The van der Waals surface area contributed by atoms with Crippen molar-refractivity contribution >= 4 is 28.9 Å². The maximum atomic E-state index is 12.9. The van der Waals surface area contributed by atoms with Gasteiger partial charge < -0.3 is 19.9 Å². The van der Waals surface area contributed by atoms with Crippen molar-refractivity contribution in [2.45, 2.75) is 32.9 Å². The molecule has 3 rings (SSSR count). The topological polar surface area (TPSA) is 88.5 Å². The molecule has 0 radical (unpaired) electrons. The van der Waals surface area contributed by atoms with Crippen molar-refractivity contribution in [1.29, 1.82) is 0 Å². The fraction of sp³-hybridized carbons (Fsp3) is 0.526. The number of hydrogen-bond donors (Lipinski definition) is 2. The lowest BCUT2D eigenvalue weighted by Gasteiger charge is -2.25. The van der Waals surface area contributed by atoms with Gasteiger partial charge in [0.15, 0.2) is 0 Å². The van der Waals surface area contributed by atoms with Crippen molar-refractivity contribution in [2.24, 2.45) is 5.92 Å². The maximum absolute atomic E-state index is 12.9. The predicted molar refractivity (Wildman–Crippen MR) is 104 cm³/mol. The normalized spacial score (nSPS) is 15.4. The highest BCUT2D eigenvalue weighted by molar-refractivity contribution is 5.96. The number of imidazole rings is 1. The Balaban J connectivity index is 1.74. The monoisotopic (exact) mass is 373 g/mol. The molecule has 146 valence electrons. The van der Waals surface area contributed by atoms with E-state index in [4.69, 9.17) is 4.74 Å². The molecule has 0 saturated heterocycles. The van der Waals surface area contributed by atoms with Crippen LogP contribution in [-0.4, -0.2) is 54.3 Å². The fourth-order valence-corrected chi connectivity index (χ4v) is 3.28. The van der Waals surface area contributed by atoms with Gasteiger partial charge >= 0.3 is 6.03 Å². The number of carbonyl (C=O) groups excluding carboxylic acids is 2. The van der Waals surface area contributed by atoms with Gasteiger partial charge in [0.2, 0.25) is 11.9 Å². The summed E-state index contributed by atoms with van der Waals surface area (Å²) in [4.78, 5) is 31.6. The number of nitrogens with one attached hydrogen (secondary N) is 2. The van der Waals surface area contributed by atoms with E-state index in [9.17, 15) is 9.59 Å². The first-order valence-corrected chi connectivity index (χ1v) is 9.36. The van der Waals surface area contributed by atoms with Gasteiger partial charge in [0.1, 0.15) is 6.04 Å². The van der Waals surface area contributed by atoms with E-state index in [0.717, 1.165) is 17.5 Å². The second kappa shape index (κ2) is 8.39. The van der Waals surface area contributed by atoms with Crippen LogP contribution in [0, 0.1) is 5.92 Å². The zero-order valence-electron chi connectivity index (χ0n) is 16.1. The van der Waals surface area contributed by atoms with E-state index in [-0.39, 0.29) is 17.9 Å². The average Bonchev–Trinajstić information content (AvgIpc) is 3.24. The van der Waals surface area contributed by atoms with E-state index in [2.05, 4.69) is 15.6 Å².